The lowest BCUT2D eigenvalue weighted by atomic mass is 10.1. The second-order valence-corrected chi connectivity index (χ2v) is 7.51. The Labute approximate surface area is 165 Å². The number of aryl methyl sites for hydroxylation is 2. The summed E-state index contributed by atoms with van der Waals surface area (Å²) in [5, 5.41) is 5.93. The molecule has 2 aromatic heterocycles. The van der Waals surface area contributed by atoms with Gasteiger partial charge in [0.1, 0.15) is 6.61 Å². The van der Waals surface area contributed by atoms with Crippen LogP contribution in [0.4, 0.5) is 15.7 Å². The zero-order valence-electron chi connectivity index (χ0n) is 14.8. The number of carbonyl (C=O) groups excluding carboxylic acids is 1. The van der Waals surface area contributed by atoms with E-state index in [1.807, 2.05) is 49.6 Å². The number of ether oxygens (including phenoxy) is 1. The number of fused-ring (bicyclic) bond motifs is 1. The van der Waals surface area contributed by atoms with E-state index in [0.29, 0.717) is 34.9 Å². The van der Waals surface area contributed by atoms with E-state index in [1.54, 1.807) is 4.90 Å². The number of hydrogen-bond acceptors (Lipinski definition) is 5. The van der Waals surface area contributed by atoms with Crippen molar-refractivity contribution in [2.24, 2.45) is 0 Å². The van der Waals surface area contributed by atoms with Crippen molar-refractivity contribution in [3.8, 4) is 17.0 Å². The van der Waals surface area contributed by atoms with Crippen LogP contribution >= 0.6 is 22.9 Å². The molecule has 0 unspecified atom stereocenters. The van der Waals surface area contributed by atoms with Gasteiger partial charge < -0.3 is 4.74 Å². The number of urea groups is 1. The lowest BCUT2D eigenvalue weighted by molar-refractivity contribution is 0.249. The number of rotatable bonds is 2. The zero-order valence-corrected chi connectivity index (χ0v) is 16.4. The first-order chi connectivity index (χ1) is 13.0. The molecule has 8 heteroatoms. The molecule has 0 atom stereocenters. The van der Waals surface area contributed by atoms with Crippen LogP contribution in [0, 0.1) is 13.8 Å². The van der Waals surface area contributed by atoms with Gasteiger partial charge in [0.15, 0.2) is 16.7 Å². The molecule has 27 heavy (non-hydrogen) atoms. The average molecular weight is 401 g/mol. The van der Waals surface area contributed by atoms with Crippen molar-refractivity contribution in [2.75, 3.05) is 23.4 Å². The number of hydrogen-bond donors (Lipinski definition) is 1. The second kappa shape index (κ2) is 7.17. The maximum atomic E-state index is 12.8. The van der Waals surface area contributed by atoms with Gasteiger partial charge in [-0.2, -0.15) is 0 Å². The Morgan fingerprint density at radius 3 is 2.89 bits per heavy atom. The van der Waals surface area contributed by atoms with Crippen LogP contribution in [-0.2, 0) is 0 Å². The van der Waals surface area contributed by atoms with Crippen LogP contribution in [0.3, 0.4) is 0 Å². The highest BCUT2D eigenvalue weighted by atomic mass is 35.5. The minimum Gasteiger partial charge on any atom is -0.488 e. The third kappa shape index (κ3) is 3.61. The predicted octanol–water partition coefficient (Wildman–Crippen LogP) is 4.91. The third-order valence-electron chi connectivity index (χ3n) is 4.16. The van der Waals surface area contributed by atoms with Crippen LogP contribution in [0.2, 0.25) is 5.02 Å². The molecule has 0 saturated heterocycles. The van der Waals surface area contributed by atoms with Gasteiger partial charge in [-0.3, -0.25) is 10.2 Å². The van der Waals surface area contributed by atoms with Gasteiger partial charge in [-0.1, -0.05) is 23.7 Å². The molecular weight excluding hydrogens is 384 g/mol. The standard InChI is InChI=1S/C19H17ClN4O2S/c1-11-8-15(13-4-3-5-14(20)9-13)22-17-16(11)26-7-6-24(17)19(25)23-18-21-12(2)10-27-18/h3-5,8-10H,6-7H2,1-2H3,(H,21,23,25). The quantitative estimate of drug-likeness (QED) is 0.663. The van der Waals surface area contributed by atoms with Crippen LogP contribution in [0.15, 0.2) is 35.7 Å². The van der Waals surface area contributed by atoms with E-state index in [2.05, 4.69) is 10.3 Å². The second-order valence-electron chi connectivity index (χ2n) is 6.21. The summed E-state index contributed by atoms with van der Waals surface area (Å²) in [5.74, 6) is 1.12. The molecule has 1 aliphatic heterocycles. The van der Waals surface area contributed by atoms with E-state index in [4.69, 9.17) is 21.3 Å². The summed E-state index contributed by atoms with van der Waals surface area (Å²) < 4.78 is 5.78. The minimum atomic E-state index is -0.274. The van der Waals surface area contributed by atoms with Gasteiger partial charge in [0.25, 0.3) is 0 Å². The largest absolute Gasteiger partial charge is 0.488 e. The Morgan fingerprint density at radius 2 is 2.15 bits per heavy atom. The number of amides is 2. The molecule has 1 aliphatic rings. The molecule has 0 bridgehead atoms. The third-order valence-corrected chi connectivity index (χ3v) is 5.27. The zero-order chi connectivity index (χ0) is 19.0. The van der Waals surface area contributed by atoms with Crippen molar-refractivity contribution in [1.82, 2.24) is 9.97 Å². The highest BCUT2D eigenvalue weighted by Gasteiger charge is 2.28. The Balaban J connectivity index is 1.71. The summed E-state index contributed by atoms with van der Waals surface area (Å²) in [6.07, 6.45) is 0. The summed E-state index contributed by atoms with van der Waals surface area (Å²) in [6, 6.07) is 9.14. The summed E-state index contributed by atoms with van der Waals surface area (Å²) in [6.45, 7) is 4.66. The number of nitrogens with zero attached hydrogens (tertiary/aromatic N) is 3. The van der Waals surface area contributed by atoms with Gasteiger partial charge in [-0.15, -0.1) is 11.3 Å². The topological polar surface area (TPSA) is 67.4 Å². The SMILES string of the molecule is Cc1csc(NC(=O)N2CCOc3c(C)cc(-c4cccc(Cl)c4)nc32)n1. The van der Waals surface area contributed by atoms with Crippen molar-refractivity contribution < 1.29 is 9.53 Å². The summed E-state index contributed by atoms with van der Waals surface area (Å²) >= 11 is 7.51. The Kier molecular flexibility index (Phi) is 4.72. The number of benzene rings is 1. The molecule has 4 rings (SSSR count). The van der Waals surface area contributed by atoms with Gasteiger partial charge in [-0.25, -0.2) is 14.8 Å². The molecule has 0 radical (unpaired) electrons. The first-order valence-corrected chi connectivity index (χ1v) is 9.68. The average Bonchev–Trinajstić information content (AvgIpc) is 3.06. The molecule has 6 nitrogen and oxygen atoms in total. The molecule has 3 heterocycles. The van der Waals surface area contributed by atoms with Gasteiger partial charge in [0.05, 0.1) is 17.9 Å². The molecule has 0 fully saturated rings. The number of carbonyl (C=O) groups is 1. The van der Waals surface area contributed by atoms with Gasteiger partial charge >= 0.3 is 6.03 Å². The Hall–Kier alpha value is -2.64. The first-order valence-electron chi connectivity index (χ1n) is 8.42. The van der Waals surface area contributed by atoms with Crippen LogP contribution < -0.4 is 15.0 Å². The molecule has 0 spiro atoms. The van der Waals surface area contributed by atoms with E-state index in [9.17, 15) is 4.79 Å². The molecule has 0 aliphatic carbocycles. The maximum Gasteiger partial charge on any atom is 0.329 e. The van der Waals surface area contributed by atoms with E-state index in [-0.39, 0.29) is 6.03 Å². The van der Waals surface area contributed by atoms with Crippen molar-refractivity contribution in [1.29, 1.82) is 0 Å². The molecule has 1 N–H and O–H groups in total. The lowest BCUT2D eigenvalue weighted by Crippen LogP contribution is -2.41. The normalized spacial score (nSPS) is 13.1. The summed E-state index contributed by atoms with van der Waals surface area (Å²) in [4.78, 5) is 23.4. The molecular formula is C19H17ClN4O2S. The fourth-order valence-electron chi connectivity index (χ4n) is 2.91. The van der Waals surface area contributed by atoms with Crippen molar-refractivity contribution in [3.05, 3.63) is 52.0 Å². The maximum absolute atomic E-state index is 12.8. The smallest absolute Gasteiger partial charge is 0.329 e. The fraction of sp³-hybridized carbons (Fsp3) is 0.211. The first kappa shape index (κ1) is 17.8. The van der Waals surface area contributed by atoms with Crippen molar-refractivity contribution in [3.63, 3.8) is 0 Å². The number of aromatic nitrogens is 2. The Bertz CT molecular complexity index is 1020. The minimum absolute atomic E-state index is 0.274. The van der Waals surface area contributed by atoms with Gasteiger partial charge in [0.2, 0.25) is 0 Å². The summed E-state index contributed by atoms with van der Waals surface area (Å²) in [5.41, 5.74) is 3.41. The fourth-order valence-corrected chi connectivity index (χ4v) is 3.78. The number of thiazole rings is 1. The van der Waals surface area contributed by atoms with Crippen molar-refractivity contribution >= 4 is 39.9 Å². The van der Waals surface area contributed by atoms with Crippen LogP contribution in [-0.4, -0.2) is 29.2 Å². The molecule has 3 aromatic rings. The number of pyridine rings is 1. The van der Waals surface area contributed by atoms with E-state index in [1.165, 1.54) is 11.3 Å². The van der Waals surface area contributed by atoms with Gasteiger partial charge in [-0.05, 0) is 37.6 Å². The molecule has 0 saturated carbocycles. The molecule has 138 valence electrons. The van der Waals surface area contributed by atoms with Crippen LogP contribution in [0.1, 0.15) is 11.3 Å². The summed E-state index contributed by atoms with van der Waals surface area (Å²) in [7, 11) is 0. The van der Waals surface area contributed by atoms with E-state index >= 15 is 0 Å². The van der Waals surface area contributed by atoms with Crippen molar-refractivity contribution in [2.45, 2.75) is 13.8 Å². The number of halogens is 1. The molecule has 1 aromatic carbocycles. The van der Waals surface area contributed by atoms with E-state index < -0.39 is 0 Å². The monoisotopic (exact) mass is 400 g/mol. The molecule has 2 amide bonds. The number of nitrogens with one attached hydrogen (secondary N) is 1. The van der Waals surface area contributed by atoms with Crippen LogP contribution in [0.5, 0.6) is 5.75 Å². The number of anilines is 2. The highest BCUT2D eigenvalue weighted by Crippen LogP contribution is 2.36. The van der Waals surface area contributed by atoms with Gasteiger partial charge in [0, 0.05) is 16.0 Å². The lowest BCUT2D eigenvalue weighted by Gasteiger charge is -2.29. The Morgan fingerprint density at radius 1 is 1.30 bits per heavy atom. The van der Waals surface area contributed by atoms with Crippen LogP contribution in [0.25, 0.3) is 11.3 Å². The predicted molar refractivity (Wildman–Crippen MR) is 108 cm³/mol. The highest BCUT2D eigenvalue weighted by molar-refractivity contribution is 7.13. The van der Waals surface area contributed by atoms with E-state index in [0.717, 1.165) is 22.5 Å².